The molecular formula is C26H42N2O2. The second-order valence-electron chi connectivity index (χ2n) is 11.9. The second-order valence-corrected chi connectivity index (χ2v) is 11.9. The molecule has 4 nitrogen and oxygen atoms in total. The molecule has 0 saturated heterocycles. The van der Waals surface area contributed by atoms with Crippen molar-refractivity contribution in [2.45, 2.75) is 80.1 Å². The number of rotatable bonds is 6. The summed E-state index contributed by atoms with van der Waals surface area (Å²) in [5, 5.41) is 8.47. The van der Waals surface area contributed by atoms with Crippen LogP contribution in [0, 0.1) is 45.0 Å². The lowest BCUT2D eigenvalue weighted by molar-refractivity contribution is 0.0197. The van der Waals surface area contributed by atoms with E-state index in [2.05, 4.69) is 59.7 Å². The first-order valence-corrected chi connectivity index (χ1v) is 11.1. The first kappa shape index (κ1) is 26.2. The Labute approximate surface area is 184 Å². The highest BCUT2D eigenvalue weighted by atomic mass is 16.5. The molecule has 0 amide bonds. The van der Waals surface area contributed by atoms with Gasteiger partial charge in [-0.25, -0.2) is 9.79 Å². The van der Waals surface area contributed by atoms with E-state index in [1.807, 2.05) is 12.2 Å². The molecular weight excluding hydrogens is 372 g/mol. The third kappa shape index (κ3) is 8.49. The number of isocyanates is 1. The topological polar surface area (TPSA) is 62.4 Å². The summed E-state index contributed by atoms with van der Waals surface area (Å²) < 4.78 is 4.93. The van der Waals surface area contributed by atoms with Crippen LogP contribution >= 0.6 is 0 Å². The molecule has 4 unspecified atom stereocenters. The molecule has 4 atom stereocenters. The predicted octanol–water partition coefficient (Wildman–Crippen LogP) is 6.84. The van der Waals surface area contributed by atoms with Crippen LogP contribution in [0.25, 0.3) is 0 Å². The maximum Gasteiger partial charge on any atom is 0.286 e. The third-order valence-electron chi connectivity index (χ3n) is 6.63. The van der Waals surface area contributed by atoms with Crippen molar-refractivity contribution in [2.75, 3.05) is 13.2 Å². The monoisotopic (exact) mass is 414 g/mol. The van der Waals surface area contributed by atoms with Crippen molar-refractivity contribution in [3.8, 4) is 6.26 Å². The van der Waals surface area contributed by atoms with Gasteiger partial charge in [-0.1, -0.05) is 53.7 Å². The van der Waals surface area contributed by atoms with Crippen LogP contribution in [0.2, 0.25) is 0 Å². The number of nitrogens with zero attached hydrogens (tertiary/aromatic N) is 2. The van der Waals surface area contributed by atoms with Gasteiger partial charge >= 0.3 is 0 Å². The van der Waals surface area contributed by atoms with Crippen molar-refractivity contribution in [3.05, 3.63) is 25.3 Å². The molecule has 2 aliphatic rings. The molecule has 2 aliphatic carbocycles. The van der Waals surface area contributed by atoms with Gasteiger partial charge in [-0.05, 0) is 66.6 Å². The molecule has 0 aliphatic heterocycles. The van der Waals surface area contributed by atoms with Crippen LogP contribution < -0.4 is 0 Å². The molecule has 0 N–H and O–H groups in total. The Balaban J connectivity index is 0.000000300. The van der Waals surface area contributed by atoms with Gasteiger partial charge in [0, 0.05) is 5.41 Å². The maximum atomic E-state index is 10.2. The highest BCUT2D eigenvalue weighted by Crippen LogP contribution is 2.50. The fourth-order valence-corrected chi connectivity index (χ4v) is 6.42. The first-order chi connectivity index (χ1) is 13.8. The minimum Gasteiger partial charge on any atom is -0.427 e. The Morgan fingerprint density at radius 1 is 0.933 bits per heavy atom. The summed E-state index contributed by atoms with van der Waals surface area (Å²) in [4.78, 5) is 14.0. The van der Waals surface area contributed by atoms with Crippen LogP contribution in [0.3, 0.4) is 0 Å². The number of aliphatic imine (C=N–C) groups is 1. The van der Waals surface area contributed by atoms with Gasteiger partial charge in [0.2, 0.25) is 6.08 Å². The summed E-state index contributed by atoms with van der Waals surface area (Å²) >= 11 is 0. The molecule has 0 radical (unpaired) electrons. The van der Waals surface area contributed by atoms with Crippen molar-refractivity contribution >= 4 is 6.08 Å². The molecule has 168 valence electrons. The number of hydrogen-bond donors (Lipinski definition) is 0. The van der Waals surface area contributed by atoms with E-state index in [1.165, 1.54) is 12.8 Å². The van der Waals surface area contributed by atoms with Gasteiger partial charge in [-0.15, -0.1) is 13.2 Å². The lowest BCUT2D eigenvalue weighted by Crippen LogP contribution is -2.37. The summed E-state index contributed by atoms with van der Waals surface area (Å²) in [6, 6.07) is 0. The summed E-state index contributed by atoms with van der Waals surface area (Å²) in [5.74, 6) is 1.11. The van der Waals surface area contributed by atoms with Gasteiger partial charge in [-0.2, -0.15) is 5.26 Å². The molecule has 0 aromatic heterocycles. The molecule has 0 bridgehead atoms. The van der Waals surface area contributed by atoms with E-state index in [-0.39, 0.29) is 10.8 Å². The van der Waals surface area contributed by atoms with Crippen LogP contribution in [-0.4, -0.2) is 19.2 Å². The van der Waals surface area contributed by atoms with E-state index in [0.717, 1.165) is 25.7 Å². The van der Waals surface area contributed by atoms with Gasteiger partial charge in [-0.3, -0.25) is 0 Å². The van der Waals surface area contributed by atoms with Crippen LogP contribution in [0.1, 0.15) is 80.1 Å². The van der Waals surface area contributed by atoms with E-state index >= 15 is 0 Å². The van der Waals surface area contributed by atoms with Gasteiger partial charge in [0.25, 0.3) is 6.26 Å². The molecule has 2 rings (SSSR count). The van der Waals surface area contributed by atoms with Gasteiger partial charge < -0.3 is 4.74 Å². The van der Waals surface area contributed by atoms with Crippen LogP contribution in [-0.2, 0) is 9.53 Å². The number of carbonyl (C=O) groups excluding carboxylic acids is 1. The lowest BCUT2D eigenvalue weighted by Gasteiger charge is -2.45. The average molecular weight is 415 g/mol. The zero-order chi connectivity index (χ0) is 23.1. The van der Waals surface area contributed by atoms with Crippen LogP contribution in [0.15, 0.2) is 30.3 Å². The van der Waals surface area contributed by atoms with Gasteiger partial charge in [0.15, 0.2) is 0 Å². The van der Waals surface area contributed by atoms with E-state index in [0.29, 0.717) is 35.8 Å². The van der Waals surface area contributed by atoms with Crippen molar-refractivity contribution in [3.63, 3.8) is 0 Å². The van der Waals surface area contributed by atoms with Crippen LogP contribution in [0.4, 0.5) is 0 Å². The largest absolute Gasteiger partial charge is 0.427 e. The molecule has 30 heavy (non-hydrogen) atoms. The smallest absolute Gasteiger partial charge is 0.286 e. The van der Waals surface area contributed by atoms with Gasteiger partial charge in [0.05, 0.1) is 6.54 Å². The number of allylic oxidation sites excluding steroid dienone is 2. The number of nitriles is 1. The maximum absolute atomic E-state index is 10.2. The lowest BCUT2D eigenvalue weighted by atomic mass is 9.61. The number of ether oxygens (including phenoxy) is 1. The third-order valence-corrected chi connectivity index (χ3v) is 6.63. The van der Waals surface area contributed by atoms with E-state index in [9.17, 15) is 4.79 Å². The standard InChI is InChI=1S/2C13H21NO/c1-5-11-6-12(2,3)8-13(4,7-11)9-15-10-14;1-5-11-6-12(2,3)8-13(4,7-11)9-14-10-15/h2*5,11H,1,6-9H2,2-4H3. The molecule has 2 saturated carbocycles. The Morgan fingerprint density at radius 2 is 1.40 bits per heavy atom. The van der Waals surface area contributed by atoms with Crippen molar-refractivity contribution in [1.29, 1.82) is 5.26 Å². The van der Waals surface area contributed by atoms with Crippen LogP contribution in [0.5, 0.6) is 0 Å². The Hall–Kier alpha value is -1.85. The predicted molar refractivity (Wildman–Crippen MR) is 123 cm³/mol. The Bertz CT molecular complexity index is 684. The number of hydrogen-bond acceptors (Lipinski definition) is 4. The zero-order valence-corrected chi connectivity index (χ0v) is 20.1. The normalized spacial score (nSPS) is 34.2. The zero-order valence-electron chi connectivity index (χ0n) is 20.1. The fourth-order valence-electron chi connectivity index (χ4n) is 6.42. The molecule has 0 aromatic carbocycles. The molecule has 0 aromatic rings. The van der Waals surface area contributed by atoms with Crippen molar-refractivity contribution in [2.24, 2.45) is 38.5 Å². The average Bonchev–Trinajstić information content (AvgIpc) is 2.62. The van der Waals surface area contributed by atoms with E-state index < -0.39 is 0 Å². The van der Waals surface area contributed by atoms with E-state index in [4.69, 9.17) is 10.00 Å². The summed E-state index contributed by atoms with van der Waals surface area (Å²) in [7, 11) is 0. The molecule has 4 heteroatoms. The van der Waals surface area contributed by atoms with Crippen molar-refractivity contribution < 1.29 is 9.53 Å². The molecule has 2 fully saturated rings. The molecule has 0 spiro atoms. The summed E-state index contributed by atoms with van der Waals surface area (Å²) in [5.41, 5.74) is 0.906. The minimum absolute atomic E-state index is 0.121. The van der Waals surface area contributed by atoms with Gasteiger partial charge in [0.1, 0.15) is 6.61 Å². The molecule has 0 heterocycles. The quantitative estimate of drug-likeness (QED) is 0.207. The fraction of sp³-hybridized carbons (Fsp3) is 0.769. The highest BCUT2D eigenvalue weighted by Gasteiger charge is 2.41. The Morgan fingerprint density at radius 3 is 1.83 bits per heavy atom. The summed E-state index contributed by atoms with van der Waals surface area (Å²) in [6.07, 6.45) is 14.3. The highest BCUT2D eigenvalue weighted by molar-refractivity contribution is 5.33. The second kappa shape index (κ2) is 10.5. The van der Waals surface area contributed by atoms with Crippen molar-refractivity contribution in [1.82, 2.24) is 0 Å². The first-order valence-electron chi connectivity index (χ1n) is 11.1. The minimum atomic E-state index is 0.121. The SMILES string of the molecule is C=CC1CC(C)(C)CC(C)(CN=C=O)C1.C=CC1CC(C)(C)CC(C)(COC#N)C1. The Kier molecular flexibility index (Phi) is 9.12. The van der Waals surface area contributed by atoms with E-state index in [1.54, 1.807) is 12.3 Å². The summed E-state index contributed by atoms with van der Waals surface area (Å²) in [6.45, 7) is 22.5.